The summed E-state index contributed by atoms with van der Waals surface area (Å²) in [4.78, 5) is 25.6. The van der Waals surface area contributed by atoms with E-state index in [0.29, 0.717) is 12.8 Å². The second-order valence-corrected chi connectivity index (χ2v) is 8.16. The first-order valence-electron chi connectivity index (χ1n) is 9.49. The van der Waals surface area contributed by atoms with Crippen LogP contribution in [0.15, 0.2) is 58.1 Å². The van der Waals surface area contributed by atoms with E-state index in [1.807, 2.05) is 67.5 Å². The summed E-state index contributed by atoms with van der Waals surface area (Å²) in [5.41, 5.74) is 3.94. The van der Waals surface area contributed by atoms with E-state index < -0.39 is 5.97 Å². The summed E-state index contributed by atoms with van der Waals surface area (Å²) in [7, 11) is 3.98. The lowest BCUT2D eigenvalue weighted by molar-refractivity contribution is -0.137. The lowest BCUT2D eigenvalue weighted by Gasteiger charge is -2.22. The Bertz CT molecular complexity index is 908. The summed E-state index contributed by atoms with van der Waals surface area (Å²) >= 11 is 3.44. The van der Waals surface area contributed by atoms with Gasteiger partial charge in [0.2, 0.25) is 5.91 Å². The summed E-state index contributed by atoms with van der Waals surface area (Å²) in [5, 5.41) is 15.0. The predicted molar refractivity (Wildman–Crippen MR) is 117 cm³/mol. The van der Waals surface area contributed by atoms with Gasteiger partial charge in [-0.25, -0.2) is 5.01 Å². The number of carboxylic acid groups (broad SMARTS) is 1. The average Bonchev–Trinajstić information content (AvgIpc) is 3.14. The number of rotatable bonds is 7. The Morgan fingerprint density at radius 2 is 1.76 bits per heavy atom. The second kappa shape index (κ2) is 9.22. The third-order valence-electron chi connectivity index (χ3n) is 4.92. The minimum atomic E-state index is -0.895. The summed E-state index contributed by atoms with van der Waals surface area (Å²) in [6, 6.07) is 15.8. The molecule has 6 nitrogen and oxygen atoms in total. The van der Waals surface area contributed by atoms with Gasteiger partial charge in [0.1, 0.15) is 0 Å². The van der Waals surface area contributed by atoms with Gasteiger partial charge in [-0.1, -0.05) is 40.2 Å². The fraction of sp³-hybridized carbons (Fsp3) is 0.318. The number of aliphatic carboxylic acids is 1. The number of hydrogen-bond acceptors (Lipinski definition) is 4. The molecule has 1 atom stereocenters. The standard InChI is InChI=1S/C22H24BrN3O3/c1-25(2)18-12-8-15(9-13-18)19-14-20(16-6-10-17(23)11-7-16)26(24-19)21(27)4-3-5-22(28)29/h6-13,20H,3-5,14H2,1-2H3,(H,28,29)/t20-/m1/s1. The van der Waals surface area contributed by atoms with Gasteiger partial charge in [-0.2, -0.15) is 5.10 Å². The fourth-order valence-electron chi connectivity index (χ4n) is 3.32. The van der Waals surface area contributed by atoms with Gasteiger partial charge in [0.15, 0.2) is 0 Å². The van der Waals surface area contributed by atoms with Crippen LogP contribution in [-0.2, 0) is 9.59 Å². The van der Waals surface area contributed by atoms with E-state index in [2.05, 4.69) is 21.0 Å². The maximum absolute atomic E-state index is 12.8. The Hall–Kier alpha value is -2.67. The average molecular weight is 458 g/mol. The quantitative estimate of drug-likeness (QED) is 0.666. The van der Waals surface area contributed by atoms with Crippen molar-refractivity contribution in [1.29, 1.82) is 0 Å². The smallest absolute Gasteiger partial charge is 0.303 e. The zero-order valence-electron chi connectivity index (χ0n) is 16.5. The van der Waals surface area contributed by atoms with Crippen molar-refractivity contribution in [2.75, 3.05) is 19.0 Å². The minimum Gasteiger partial charge on any atom is -0.481 e. The number of carboxylic acids is 1. The summed E-state index contributed by atoms with van der Waals surface area (Å²) < 4.78 is 0.971. The molecule has 1 aliphatic heterocycles. The van der Waals surface area contributed by atoms with Crippen LogP contribution in [-0.4, -0.2) is 41.8 Å². The molecule has 0 saturated carbocycles. The molecular weight excluding hydrogens is 434 g/mol. The van der Waals surface area contributed by atoms with E-state index in [9.17, 15) is 9.59 Å². The van der Waals surface area contributed by atoms with Crippen molar-refractivity contribution in [1.82, 2.24) is 5.01 Å². The highest BCUT2D eigenvalue weighted by atomic mass is 79.9. The van der Waals surface area contributed by atoms with Crippen LogP contribution in [0.5, 0.6) is 0 Å². The highest BCUT2D eigenvalue weighted by Gasteiger charge is 2.32. The van der Waals surface area contributed by atoms with Crippen molar-refractivity contribution in [3.05, 3.63) is 64.1 Å². The number of amides is 1. The molecule has 2 aromatic carbocycles. The number of halogens is 1. The molecule has 3 rings (SSSR count). The Labute approximate surface area is 179 Å². The molecule has 1 amide bonds. The van der Waals surface area contributed by atoms with Gasteiger partial charge in [0.05, 0.1) is 11.8 Å². The van der Waals surface area contributed by atoms with Crippen molar-refractivity contribution in [3.63, 3.8) is 0 Å². The van der Waals surface area contributed by atoms with E-state index in [1.165, 1.54) is 5.01 Å². The molecular formula is C22H24BrN3O3. The monoisotopic (exact) mass is 457 g/mol. The fourth-order valence-corrected chi connectivity index (χ4v) is 3.58. The van der Waals surface area contributed by atoms with Crippen molar-refractivity contribution in [2.45, 2.75) is 31.7 Å². The molecule has 0 aromatic heterocycles. The highest BCUT2D eigenvalue weighted by molar-refractivity contribution is 9.10. The largest absolute Gasteiger partial charge is 0.481 e. The molecule has 0 unspecified atom stereocenters. The Kier molecular flexibility index (Phi) is 6.69. The number of carbonyl (C=O) groups is 2. The van der Waals surface area contributed by atoms with Gasteiger partial charge in [0.25, 0.3) is 0 Å². The Morgan fingerprint density at radius 3 is 2.34 bits per heavy atom. The Balaban J connectivity index is 1.85. The predicted octanol–water partition coefficient (Wildman–Crippen LogP) is 4.45. The molecule has 7 heteroatoms. The lowest BCUT2D eigenvalue weighted by atomic mass is 9.98. The van der Waals surface area contributed by atoms with E-state index in [4.69, 9.17) is 5.11 Å². The number of benzene rings is 2. The van der Waals surface area contributed by atoms with Crippen LogP contribution in [0.1, 0.15) is 42.9 Å². The SMILES string of the molecule is CN(C)c1ccc(C2=NN(C(=O)CCCC(=O)O)[C@@H](c3ccc(Br)cc3)C2)cc1. The molecule has 0 fully saturated rings. The normalized spacial score (nSPS) is 15.9. The van der Waals surface area contributed by atoms with Gasteiger partial charge in [0, 0.05) is 43.5 Å². The molecule has 152 valence electrons. The zero-order valence-corrected chi connectivity index (χ0v) is 18.1. The van der Waals surface area contributed by atoms with E-state index in [1.54, 1.807) is 0 Å². The molecule has 1 N–H and O–H groups in total. The summed E-state index contributed by atoms with van der Waals surface area (Å²) in [6.45, 7) is 0. The first kappa shape index (κ1) is 21.0. The van der Waals surface area contributed by atoms with Crippen molar-refractivity contribution in [3.8, 4) is 0 Å². The number of hydrazone groups is 1. The molecule has 1 heterocycles. The molecule has 0 bridgehead atoms. The van der Waals surface area contributed by atoms with Crippen molar-refractivity contribution >= 4 is 39.2 Å². The maximum atomic E-state index is 12.8. The van der Waals surface area contributed by atoms with Crippen LogP contribution < -0.4 is 4.90 Å². The minimum absolute atomic E-state index is 0.0227. The van der Waals surface area contributed by atoms with Gasteiger partial charge < -0.3 is 10.0 Å². The second-order valence-electron chi connectivity index (χ2n) is 7.25. The van der Waals surface area contributed by atoms with Crippen LogP contribution in [0.2, 0.25) is 0 Å². The van der Waals surface area contributed by atoms with Crippen LogP contribution in [0.3, 0.4) is 0 Å². The van der Waals surface area contributed by atoms with Gasteiger partial charge in [-0.3, -0.25) is 9.59 Å². The molecule has 0 saturated heterocycles. The molecule has 2 aromatic rings. The zero-order chi connectivity index (χ0) is 21.0. The van der Waals surface area contributed by atoms with E-state index >= 15 is 0 Å². The van der Waals surface area contributed by atoms with Crippen LogP contribution >= 0.6 is 15.9 Å². The molecule has 29 heavy (non-hydrogen) atoms. The van der Waals surface area contributed by atoms with Gasteiger partial charge in [-0.15, -0.1) is 0 Å². The van der Waals surface area contributed by atoms with Gasteiger partial charge in [-0.05, 0) is 41.8 Å². The summed E-state index contributed by atoms with van der Waals surface area (Å²) in [5.74, 6) is -1.05. The van der Waals surface area contributed by atoms with Crippen molar-refractivity contribution in [2.24, 2.45) is 5.10 Å². The molecule has 0 spiro atoms. The Morgan fingerprint density at radius 1 is 1.10 bits per heavy atom. The van der Waals surface area contributed by atoms with Gasteiger partial charge >= 0.3 is 5.97 Å². The number of carbonyl (C=O) groups excluding carboxylic acids is 1. The van der Waals surface area contributed by atoms with Crippen LogP contribution in [0.25, 0.3) is 0 Å². The van der Waals surface area contributed by atoms with Crippen molar-refractivity contribution < 1.29 is 14.7 Å². The maximum Gasteiger partial charge on any atom is 0.303 e. The number of anilines is 1. The highest BCUT2D eigenvalue weighted by Crippen LogP contribution is 2.34. The number of nitrogens with zero attached hydrogens (tertiary/aromatic N) is 3. The third-order valence-corrected chi connectivity index (χ3v) is 5.45. The first-order chi connectivity index (χ1) is 13.8. The van der Waals surface area contributed by atoms with E-state index in [-0.39, 0.29) is 24.8 Å². The molecule has 0 aliphatic carbocycles. The summed E-state index contributed by atoms with van der Waals surface area (Å²) in [6.07, 6.45) is 1.06. The molecule has 1 aliphatic rings. The van der Waals surface area contributed by atoms with Crippen LogP contribution in [0.4, 0.5) is 5.69 Å². The van der Waals surface area contributed by atoms with Crippen LogP contribution in [0, 0.1) is 0 Å². The third kappa shape index (κ3) is 5.23. The topological polar surface area (TPSA) is 73.2 Å². The molecule has 0 radical (unpaired) electrons. The lowest BCUT2D eigenvalue weighted by Crippen LogP contribution is -2.27. The first-order valence-corrected chi connectivity index (χ1v) is 10.3. The number of hydrogen-bond donors (Lipinski definition) is 1. The van der Waals surface area contributed by atoms with E-state index in [0.717, 1.165) is 27.0 Å².